The lowest BCUT2D eigenvalue weighted by atomic mass is 9.87. The number of aliphatic hydroxyl groups is 5. The van der Waals surface area contributed by atoms with E-state index in [2.05, 4.69) is 26.5 Å². The monoisotopic (exact) mass is 676 g/mol. The van der Waals surface area contributed by atoms with Crippen LogP contribution < -0.4 is 10.5 Å². The molecular formula is C21H34N4O15P2S. The van der Waals surface area contributed by atoms with Crippen molar-refractivity contribution in [3.63, 3.8) is 0 Å². The van der Waals surface area contributed by atoms with Crippen molar-refractivity contribution in [1.29, 1.82) is 0 Å². The standard InChI is InChI=1S/C21H34N4O15P2S/c1-25(2)11-10(38-21(18(11)34-3)4-5-35-16-17(21)23-8-24-19(16)22)7-36-42(33,43)40-41(31,32)39-20-14(30)12(28)13(29)15(37-20)9(27)6-26/h4-5,8-15,18,20,26-30H,6-7H2,1-3H3,(H,31,32)(H,33,43)(H2,22,23,24)/t9-,10+,11+,12?,13?,14?,15?,18+,20?,21+,42?/m0/s1. The molecule has 12 atom stereocenters. The molecule has 1 spiro atoms. The minimum atomic E-state index is -5.45. The topological polar surface area (TPSA) is 275 Å². The summed E-state index contributed by atoms with van der Waals surface area (Å²) in [5.74, 6) is 0.192. The number of likely N-dealkylation sites (N-methyl/N-ethyl adjacent to an activating group) is 1. The van der Waals surface area contributed by atoms with Crippen molar-refractivity contribution in [3.8, 4) is 5.75 Å². The Bertz CT molecular complexity index is 1280. The lowest BCUT2D eigenvalue weighted by molar-refractivity contribution is -0.292. The van der Waals surface area contributed by atoms with Crippen LogP contribution in [0.25, 0.3) is 0 Å². The van der Waals surface area contributed by atoms with E-state index < -0.39 is 88.5 Å². The smallest absolute Gasteiger partial charge is 0.459 e. The number of nitrogen functional groups attached to an aromatic ring is 1. The Morgan fingerprint density at radius 3 is 2.53 bits per heavy atom. The third-order valence-electron chi connectivity index (χ3n) is 7.03. The molecule has 4 heterocycles. The zero-order valence-corrected chi connectivity index (χ0v) is 25.6. The number of phosphoric acid groups is 1. The van der Waals surface area contributed by atoms with Gasteiger partial charge in [-0.05, 0) is 20.2 Å². The quantitative estimate of drug-likeness (QED) is 0.0916. The van der Waals surface area contributed by atoms with Crippen molar-refractivity contribution in [2.75, 3.05) is 40.2 Å². The maximum absolute atomic E-state index is 13.1. The van der Waals surface area contributed by atoms with Crippen LogP contribution in [0.15, 0.2) is 18.7 Å². The van der Waals surface area contributed by atoms with Crippen LogP contribution in [0.3, 0.4) is 0 Å². The molecule has 19 nitrogen and oxygen atoms in total. The highest BCUT2D eigenvalue weighted by molar-refractivity contribution is 8.45. The average molecular weight is 677 g/mol. The van der Waals surface area contributed by atoms with E-state index >= 15 is 0 Å². The van der Waals surface area contributed by atoms with E-state index in [0.29, 0.717) is 0 Å². The highest BCUT2D eigenvalue weighted by atomic mass is 32.7. The Balaban J connectivity index is 1.49. The van der Waals surface area contributed by atoms with Gasteiger partial charge in [-0.1, -0.05) is 12.2 Å². The van der Waals surface area contributed by atoms with Crippen molar-refractivity contribution in [2.24, 2.45) is 0 Å². The van der Waals surface area contributed by atoms with Gasteiger partial charge in [0.25, 0.3) is 0 Å². The molecule has 0 saturated carbocycles. The Kier molecular flexibility index (Phi) is 10.6. The molecule has 3 aliphatic heterocycles. The predicted molar refractivity (Wildman–Crippen MR) is 145 cm³/mol. The van der Waals surface area contributed by atoms with Crippen molar-refractivity contribution in [1.82, 2.24) is 14.9 Å². The number of methoxy groups -OCH3 is 1. The molecular weight excluding hydrogens is 642 g/mol. The summed E-state index contributed by atoms with van der Waals surface area (Å²) >= 11 is 3.76. The first-order valence-corrected chi connectivity index (χ1v) is 16.8. The molecule has 1 aromatic rings. The first-order valence-electron chi connectivity index (χ1n) is 12.6. The number of ether oxygens (including phenoxy) is 4. The second-order valence-electron chi connectivity index (χ2n) is 10.0. The molecule has 43 heavy (non-hydrogen) atoms. The van der Waals surface area contributed by atoms with Crippen LogP contribution in [-0.4, -0.2) is 135 Å². The van der Waals surface area contributed by atoms with E-state index in [1.807, 2.05) is 0 Å². The first-order chi connectivity index (χ1) is 20.1. The second kappa shape index (κ2) is 13.2. The van der Waals surface area contributed by atoms with Gasteiger partial charge in [0.2, 0.25) is 0 Å². The summed E-state index contributed by atoms with van der Waals surface area (Å²) in [5.41, 5.74) is 4.85. The van der Waals surface area contributed by atoms with E-state index in [9.17, 15) is 34.4 Å². The Morgan fingerprint density at radius 2 is 1.91 bits per heavy atom. The number of phosphoric ester groups is 1. The van der Waals surface area contributed by atoms with Crippen LogP contribution in [0.1, 0.15) is 5.69 Å². The Labute approximate surface area is 250 Å². The molecule has 7 unspecified atom stereocenters. The van der Waals surface area contributed by atoms with Gasteiger partial charge in [0, 0.05) is 7.11 Å². The van der Waals surface area contributed by atoms with Gasteiger partial charge >= 0.3 is 14.6 Å². The van der Waals surface area contributed by atoms with Gasteiger partial charge in [-0.25, -0.2) is 19.1 Å². The average Bonchev–Trinajstić information content (AvgIpc) is 3.25. The van der Waals surface area contributed by atoms with Gasteiger partial charge in [0.15, 0.2) is 23.5 Å². The Hall–Kier alpha value is -1.29. The largest absolute Gasteiger partial charge is 0.482 e. The maximum Gasteiger partial charge on any atom is 0.482 e. The zero-order valence-electron chi connectivity index (χ0n) is 23.0. The van der Waals surface area contributed by atoms with E-state index in [1.54, 1.807) is 25.1 Å². The molecule has 1 aromatic heterocycles. The number of aromatic nitrogens is 2. The fourth-order valence-corrected chi connectivity index (χ4v) is 8.32. The number of anilines is 1. The number of hydrogen-bond donors (Lipinski definition) is 8. The third kappa shape index (κ3) is 6.95. The molecule has 2 saturated heterocycles. The number of rotatable bonds is 11. The summed E-state index contributed by atoms with van der Waals surface area (Å²) in [5, 5.41) is 49.1. The highest BCUT2D eigenvalue weighted by Crippen LogP contribution is 2.66. The molecule has 0 radical (unpaired) electrons. The van der Waals surface area contributed by atoms with Crippen LogP contribution in [-0.2, 0) is 42.3 Å². The SMILES string of the molecule is CO[C@@H]1[C@H](N(C)C)[C@@H](COP(=O)(S)OP(=O)(O)OC2OC([C@@H](O)CO)C(O)C(O)C2O)O[C@@]12C=COc1c(N)ncnc12. The first kappa shape index (κ1) is 34.6. The lowest BCUT2D eigenvalue weighted by Crippen LogP contribution is -2.61. The maximum atomic E-state index is 13.1. The summed E-state index contributed by atoms with van der Waals surface area (Å²) in [6, 6.07) is -0.601. The second-order valence-corrected chi connectivity index (χ2v) is 14.5. The van der Waals surface area contributed by atoms with Crippen LogP contribution in [0, 0.1) is 0 Å². The van der Waals surface area contributed by atoms with Gasteiger partial charge in [-0.3, -0.25) is 9.05 Å². The van der Waals surface area contributed by atoms with E-state index in [1.165, 1.54) is 19.7 Å². The molecule has 4 rings (SSSR count). The van der Waals surface area contributed by atoms with Gasteiger partial charge in [0.05, 0.1) is 25.5 Å². The van der Waals surface area contributed by atoms with Crippen molar-refractivity contribution < 1.29 is 71.9 Å². The van der Waals surface area contributed by atoms with Gasteiger partial charge in [0.1, 0.15) is 54.7 Å². The minimum absolute atomic E-state index is 0.0477. The number of nitrogens with zero attached hydrogens (tertiary/aromatic N) is 3. The number of thiol groups is 1. The number of aliphatic hydroxyl groups excluding tert-OH is 5. The fourth-order valence-electron chi connectivity index (χ4n) is 5.13. The van der Waals surface area contributed by atoms with Crippen LogP contribution in [0.5, 0.6) is 5.75 Å². The third-order valence-corrected chi connectivity index (χ3v) is 10.6. The number of hydrogen-bond acceptors (Lipinski definition) is 18. The fraction of sp³-hybridized carbons (Fsp3) is 0.714. The van der Waals surface area contributed by atoms with Crippen LogP contribution in [0.4, 0.5) is 5.82 Å². The van der Waals surface area contributed by atoms with Crippen molar-refractivity contribution in [2.45, 2.75) is 60.7 Å². The summed E-state index contributed by atoms with van der Waals surface area (Å²) in [4.78, 5) is 20.2. The van der Waals surface area contributed by atoms with Crippen LogP contribution in [0.2, 0.25) is 0 Å². The van der Waals surface area contributed by atoms with E-state index in [-0.39, 0.29) is 17.3 Å². The molecule has 3 aliphatic rings. The highest BCUT2D eigenvalue weighted by Gasteiger charge is 2.60. The number of fused-ring (bicyclic) bond motifs is 2. The molecule has 0 amide bonds. The zero-order chi connectivity index (χ0) is 31.9. The van der Waals surface area contributed by atoms with Crippen LogP contribution >= 0.6 is 26.9 Å². The molecule has 0 aromatic carbocycles. The molecule has 0 aliphatic carbocycles. The van der Waals surface area contributed by atoms with E-state index in [0.717, 1.165) is 0 Å². The summed E-state index contributed by atoms with van der Waals surface area (Å²) in [7, 11) is -0.565. The minimum Gasteiger partial charge on any atom is -0.459 e. The van der Waals surface area contributed by atoms with Crippen molar-refractivity contribution >= 4 is 32.7 Å². The lowest BCUT2D eigenvalue weighted by Gasteiger charge is -2.41. The molecule has 244 valence electrons. The van der Waals surface area contributed by atoms with E-state index in [4.69, 9.17) is 38.8 Å². The normalized spacial score (nSPS) is 37.5. The van der Waals surface area contributed by atoms with Gasteiger partial charge < -0.3 is 60.0 Å². The predicted octanol–water partition coefficient (Wildman–Crippen LogP) is -2.15. The summed E-state index contributed by atoms with van der Waals surface area (Å²) in [6.07, 6.45) is -9.33. The summed E-state index contributed by atoms with van der Waals surface area (Å²) < 4.78 is 63.1. The number of nitrogens with two attached hydrogens (primary N) is 1. The van der Waals surface area contributed by atoms with Crippen molar-refractivity contribution in [3.05, 3.63) is 24.4 Å². The molecule has 8 N–H and O–H groups in total. The van der Waals surface area contributed by atoms with Gasteiger partial charge in [-0.15, -0.1) is 0 Å². The molecule has 0 bridgehead atoms. The molecule has 2 fully saturated rings. The summed E-state index contributed by atoms with van der Waals surface area (Å²) in [6.45, 7) is -6.20. The molecule has 22 heteroatoms. The Morgan fingerprint density at radius 1 is 1.21 bits per heavy atom. The van der Waals surface area contributed by atoms with Gasteiger partial charge in [-0.2, -0.15) is 4.31 Å².